The van der Waals surface area contributed by atoms with Crippen molar-refractivity contribution in [2.75, 3.05) is 12.4 Å². The predicted molar refractivity (Wildman–Crippen MR) is 115 cm³/mol. The number of ketones is 1. The van der Waals surface area contributed by atoms with Gasteiger partial charge in [-0.25, -0.2) is 4.68 Å². The second-order valence-corrected chi connectivity index (χ2v) is 8.41. The minimum absolute atomic E-state index is 0.0554. The Hall–Kier alpha value is -3.33. The molecule has 33 heavy (non-hydrogen) atoms. The molecule has 10 heteroatoms. The highest BCUT2D eigenvalue weighted by Gasteiger charge is 2.43. The van der Waals surface area contributed by atoms with Crippen LogP contribution in [0.1, 0.15) is 41.8 Å². The standard InChI is InChI=1S/C23H18ClF3N4O2/c1-33-16-4-2-3-13(9-16)14-10-17-19(18(32)11-14)20(12-5-7-15(24)8-6-12)31-22(28-17)29-21(30-31)23(25,26)27/h2-9,14,20H,10-11H2,1H3,(H,28,29,30)/t14-,20+/m0/s1. The molecule has 0 bridgehead atoms. The topological polar surface area (TPSA) is 69.0 Å². The number of rotatable bonds is 3. The van der Waals surface area contributed by atoms with Crippen LogP contribution in [0.25, 0.3) is 0 Å². The first kappa shape index (κ1) is 21.5. The van der Waals surface area contributed by atoms with Crippen LogP contribution in [0.3, 0.4) is 0 Å². The molecule has 0 spiro atoms. The summed E-state index contributed by atoms with van der Waals surface area (Å²) < 4.78 is 46.6. The number of anilines is 1. The zero-order chi connectivity index (χ0) is 23.3. The lowest BCUT2D eigenvalue weighted by atomic mass is 9.78. The number of halogens is 4. The number of Topliss-reactive ketones (excluding diaryl/α,β-unsaturated/α-hetero) is 1. The number of benzene rings is 2. The van der Waals surface area contributed by atoms with E-state index in [-0.39, 0.29) is 24.1 Å². The number of hydrogen-bond donors (Lipinski definition) is 1. The van der Waals surface area contributed by atoms with Gasteiger partial charge >= 0.3 is 6.18 Å². The van der Waals surface area contributed by atoms with Crippen LogP contribution in [0.15, 0.2) is 59.8 Å². The molecule has 0 saturated carbocycles. The normalized spacial score (nSPS) is 20.2. The smallest absolute Gasteiger partial charge is 0.453 e. The van der Waals surface area contributed by atoms with Gasteiger partial charge in [-0.15, -0.1) is 5.10 Å². The van der Waals surface area contributed by atoms with Crippen LogP contribution >= 0.6 is 11.6 Å². The summed E-state index contributed by atoms with van der Waals surface area (Å²) in [4.78, 5) is 17.1. The lowest BCUT2D eigenvalue weighted by molar-refractivity contribution is -0.145. The maximum Gasteiger partial charge on any atom is 0.453 e. The Morgan fingerprint density at radius 3 is 2.58 bits per heavy atom. The molecule has 0 fully saturated rings. The van der Waals surface area contributed by atoms with E-state index in [2.05, 4.69) is 15.4 Å². The Labute approximate surface area is 192 Å². The molecule has 1 N–H and O–H groups in total. The van der Waals surface area contributed by atoms with Crippen LogP contribution in [0, 0.1) is 0 Å². The van der Waals surface area contributed by atoms with Crippen molar-refractivity contribution in [3.8, 4) is 5.75 Å². The number of carbonyl (C=O) groups is 1. The monoisotopic (exact) mass is 474 g/mol. The van der Waals surface area contributed by atoms with E-state index in [4.69, 9.17) is 16.3 Å². The van der Waals surface area contributed by atoms with Gasteiger partial charge in [-0.3, -0.25) is 4.79 Å². The van der Waals surface area contributed by atoms with Crippen LogP contribution in [0.5, 0.6) is 5.75 Å². The summed E-state index contributed by atoms with van der Waals surface area (Å²) in [7, 11) is 1.57. The third-order valence-electron chi connectivity index (χ3n) is 5.92. The van der Waals surface area contributed by atoms with E-state index in [1.807, 2.05) is 24.3 Å². The molecule has 0 unspecified atom stereocenters. The maximum absolute atomic E-state index is 13.4. The average Bonchev–Trinajstić information content (AvgIpc) is 3.23. The second-order valence-electron chi connectivity index (χ2n) is 7.98. The van der Waals surface area contributed by atoms with Crippen molar-refractivity contribution < 1.29 is 22.7 Å². The molecular weight excluding hydrogens is 457 g/mol. The van der Waals surface area contributed by atoms with Crippen LogP contribution in [0.4, 0.5) is 19.1 Å². The number of aromatic nitrogens is 3. The molecule has 2 heterocycles. The van der Waals surface area contributed by atoms with Gasteiger partial charge < -0.3 is 10.1 Å². The highest BCUT2D eigenvalue weighted by atomic mass is 35.5. The first-order valence-electron chi connectivity index (χ1n) is 10.2. The van der Waals surface area contributed by atoms with E-state index in [1.54, 1.807) is 31.4 Å². The molecule has 6 nitrogen and oxygen atoms in total. The first-order chi connectivity index (χ1) is 15.7. The number of alkyl halides is 3. The van der Waals surface area contributed by atoms with E-state index >= 15 is 0 Å². The van der Waals surface area contributed by atoms with Crippen LogP contribution in [-0.4, -0.2) is 27.7 Å². The summed E-state index contributed by atoms with van der Waals surface area (Å²) in [6.45, 7) is 0. The third kappa shape index (κ3) is 3.86. The number of nitrogens with one attached hydrogen (secondary N) is 1. The highest BCUT2D eigenvalue weighted by molar-refractivity contribution is 6.30. The molecular formula is C23H18ClF3N4O2. The Morgan fingerprint density at radius 2 is 1.88 bits per heavy atom. The molecule has 5 rings (SSSR count). The van der Waals surface area contributed by atoms with Crippen molar-refractivity contribution in [1.82, 2.24) is 14.8 Å². The average molecular weight is 475 g/mol. The summed E-state index contributed by atoms with van der Waals surface area (Å²) in [5.41, 5.74) is 2.46. The number of allylic oxidation sites excluding steroid dienone is 2. The van der Waals surface area contributed by atoms with Gasteiger partial charge in [0.05, 0.1) is 7.11 Å². The molecule has 170 valence electrons. The van der Waals surface area contributed by atoms with Gasteiger partial charge in [-0.2, -0.15) is 18.2 Å². The van der Waals surface area contributed by atoms with E-state index in [1.165, 1.54) is 0 Å². The maximum atomic E-state index is 13.4. The zero-order valence-electron chi connectivity index (χ0n) is 17.4. The van der Waals surface area contributed by atoms with Gasteiger partial charge in [0.1, 0.15) is 11.8 Å². The van der Waals surface area contributed by atoms with Gasteiger partial charge in [0.15, 0.2) is 5.78 Å². The van der Waals surface area contributed by atoms with E-state index in [0.29, 0.717) is 34.0 Å². The molecule has 0 saturated heterocycles. The number of ether oxygens (including phenoxy) is 1. The molecule has 2 aromatic carbocycles. The first-order valence-corrected chi connectivity index (χ1v) is 10.6. The number of carbonyl (C=O) groups excluding carboxylic acids is 1. The Bertz CT molecular complexity index is 1270. The summed E-state index contributed by atoms with van der Waals surface area (Å²) in [6.07, 6.45) is -4.06. The van der Waals surface area contributed by atoms with Gasteiger partial charge in [0.25, 0.3) is 5.82 Å². The molecule has 0 amide bonds. The molecule has 0 radical (unpaired) electrons. The van der Waals surface area contributed by atoms with Gasteiger partial charge in [-0.1, -0.05) is 35.9 Å². The molecule has 1 aliphatic carbocycles. The van der Waals surface area contributed by atoms with Crippen molar-refractivity contribution in [2.24, 2.45) is 0 Å². The fourth-order valence-electron chi connectivity index (χ4n) is 4.42. The molecule has 2 atom stereocenters. The van der Waals surface area contributed by atoms with Crippen molar-refractivity contribution in [1.29, 1.82) is 0 Å². The van der Waals surface area contributed by atoms with Crippen LogP contribution in [-0.2, 0) is 11.0 Å². The molecule has 3 aromatic rings. The van der Waals surface area contributed by atoms with Crippen molar-refractivity contribution in [3.05, 3.63) is 81.8 Å². The molecule has 1 aliphatic heterocycles. The lowest BCUT2D eigenvalue weighted by Crippen LogP contribution is -2.33. The zero-order valence-corrected chi connectivity index (χ0v) is 18.1. The molecule has 1 aromatic heterocycles. The van der Waals surface area contributed by atoms with E-state index in [9.17, 15) is 18.0 Å². The molecule has 2 aliphatic rings. The number of hydrogen-bond acceptors (Lipinski definition) is 5. The Balaban J connectivity index is 1.61. The quantitative estimate of drug-likeness (QED) is 0.552. The largest absolute Gasteiger partial charge is 0.497 e. The van der Waals surface area contributed by atoms with Crippen LogP contribution < -0.4 is 10.1 Å². The van der Waals surface area contributed by atoms with Gasteiger partial charge in [-0.05, 0) is 47.7 Å². The van der Waals surface area contributed by atoms with Gasteiger partial charge in [0.2, 0.25) is 5.95 Å². The predicted octanol–water partition coefficient (Wildman–Crippen LogP) is 5.37. The van der Waals surface area contributed by atoms with Crippen molar-refractivity contribution in [2.45, 2.75) is 31.0 Å². The van der Waals surface area contributed by atoms with Crippen molar-refractivity contribution >= 4 is 23.3 Å². The third-order valence-corrected chi connectivity index (χ3v) is 6.18. The summed E-state index contributed by atoms with van der Waals surface area (Å²) in [5, 5.41) is 7.14. The Morgan fingerprint density at radius 1 is 1.12 bits per heavy atom. The SMILES string of the molecule is COc1cccc([C@@H]2CC(=O)C3=C(C2)Nc2nc(C(F)(F)F)nn2[C@@H]3c2ccc(Cl)cc2)c1. The van der Waals surface area contributed by atoms with E-state index in [0.717, 1.165) is 10.2 Å². The lowest BCUT2D eigenvalue weighted by Gasteiger charge is -2.35. The number of nitrogens with zero attached hydrogens (tertiary/aromatic N) is 3. The van der Waals surface area contributed by atoms with Crippen molar-refractivity contribution in [3.63, 3.8) is 0 Å². The fourth-order valence-corrected chi connectivity index (χ4v) is 4.54. The van der Waals surface area contributed by atoms with Crippen LogP contribution in [0.2, 0.25) is 5.02 Å². The summed E-state index contributed by atoms with van der Waals surface area (Å²) in [6, 6.07) is 13.2. The second kappa shape index (κ2) is 7.91. The summed E-state index contributed by atoms with van der Waals surface area (Å²) >= 11 is 6.01. The minimum atomic E-state index is -4.72. The highest BCUT2D eigenvalue weighted by Crippen LogP contribution is 2.45. The number of fused-ring (bicyclic) bond motifs is 1. The van der Waals surface area contributed by atoms with E-state index < -0.39 is 18.0 Å². The fraction of sp³-hybridized carbons (Fsp3) is 0.261. The van der Waals surface area contributed by atoms with Gasteiger partial charge in [0, 0.05) is 22.7 Å². The minimum Gasteiger partial charge on any atom is -0.497 e. The Kier molecular flexibility index (Phi) is 5.16. The number of methoxy groups -OCH3 is 1. The summed E-state index contributed by atoms with van der Waals surface area (Å²) in [5.74, 6) is -0.960.